The molecule has 1 heterocycles. The molecule has 1 fully saturated rings. The van der Waals surface area contributed by atoms with Crippen LogP contribution in [0.3, 0.4) is 0 Å². The number of nitrogens with two attached hydrogens (primary N) is 1. The number of hydrogen-bond donors (Lipinski definition) is 1. The molecule has 0 saturated heterocycles. The maximum atomic E-state index is 6.55. The van der Waals surface area contributed by atoms with Crippen LogP contribution < -0.4 is 10.5 Å². The predicted molar refractivity (Wildman–Crippen MR) is 69.0 cm³/mol. The van der Waals surface area contributed by atoms with Crippen molar-refractivity contribution in [2.75, 3.05) is 6.61 Å². The molecule has 0 aliphatic heterocycles. The molecule has 2 rings (SSSR count). The third-order valence-corrected chi connectivity index (χ3v) is 3.59. The minimum Gasteiger partial charge on any atom is -0.492 e. The Labute approximate surface area is 103 Å². The van der Waals surface area contributed by atoms with E-state index in [1.54, 1.807) is 6.20 Å². The highest BCUT2D eigenvalue weighted by atomic mass is 16.5. The molecule has 3 heteroatoms. The van der Waals surface area contributed by atoms with Gasteiger partial charge in [-0.25, -0.2) is 0 Å². The van der Waals surface area contributed by atoms with E-state index in [4.69, 9.17) is 10.5 Å². The Hall–Kier alpha value is -1.09. The lowest BCUT2D eigenvalue weighted by Crippen LogP contribution is -2.36. The molecule has 1 aliphatic carbocycles. The molecule has 0 unspecified atom stereocenters. The monoisotopic (exact) mass is 234 g/mol. The van der Waals surface area contributed by atoms with Gasteiger partial charge in [0, 0.05) is 11.7 Å². The fourth-order valence-electron chi connectivity index (χ4n) is 2.58. The first-order valence-electron chi connectivity index (χ1n) is 6.62. The average Bonchev–Trinajstić information content (AvgIpc) is 2.56. The Morgan fingerprint density at radius 1 is 1.24 bits per heavy atom. The van der Waals surface area contributed by atoms with Gasteiger partial charge in [-0.15, -0.1) is 0 Å². The van der Waals surface area contributed by atoms with Crippen molar-refractivity contribution in [1.82, 2.24) is 4.98 Å². The molecule has 0 aromatic carbocycles. The van der Waals surface area contributed by atoms with Crippen molar-refractivity contribution in [3.8, 4) is 5.75 Å². The maximum absolute atomic E-state index is 6.55. The topological polar surface area (TPSA) is 48.1 Å². The molecule has 2 N–H and O–H groups in total. The number of nitrogens with zero attached hydrogens (tertiary/aromatic N) is 1. The standard InChI is InChI=1S/C14H22N2O/c1-2-17-13-9-12(10-16-11-13)14(15)7-5-3-4-6-8-14/h9-11H,2-8,15H2,1H3. The molecule has 1 aliphatic rings. The van der Waals surface area contributed by atoms with E-state index >= 15 is 0 Å². The van der Waals surface area contributed by atoms with Gasteiger partial charge in [0.1, 0.15) is 5.75 Å². The zero-order valence-electron chi connectivity index (χ0n) is 10.6. The van der Waals surface area contributed by atoms with Crippen molar-refractivity contribution in [1.29, 1.82) is 0 Å². The highest BCUT2D eigenvalue weighted by Gasteiger charge is 2.28. The third kappa shape index (κ3) is 2.97. The van der Waals surface area contributed by atoms with Gasteiger partial charge in [-0.1, -0.05) is 25.7 Å². The molecule has 0 bridgehead atoms. The Morgan fingerprint density at radius 2 is 1.94 bits per heavy atom. The number of ether oxygens (including phenoxy) is 1. The third-order valence-electron chi connectivity index (χ3n) is 3.59. The Bertz CT molecular complexity index is 357. The molecule has 94 valence electrons. The second kappa shape index (κ2) is 5.50. The van der Waals surface area contributed by atoms with Crippen LogP contribution in [0.5, 0.6) is 5.75 Å². The average molecular weight is 234 g/mol. The summed E-state index contributed by atoms with van der Waals surface area (Å²) in [7, 11) is 0. The number of rotatable bonds is 3. The molecule has 0 radical (unpaired) electrons. The van der Waals surface area contributed by atoms with Crippen molar-refractivity contribution in [2.45, 2.75) is 51.0 Å². The first kappa shape index (κ1) is 12.4. The minimum absolute atomic E-state index is 0.198. The number of aromatic nitrogens is 1. The van der Waals surface area contributed by atoms with E-state index in [1.165, 1.54) is 25.7 Å². The van der Waals surface area contributed by atoms with Crippen molar-refractivity contribution < 1.29 is 4.74 Å². The van der Waals surface area contributed by atoms with Gasteiger partial charge in [-0.05, 0) is 31.4 Å². The molecule has 1 aromatic rings. The van der Waals surface area contributed by atoms with E-state index in [2.05, 4.69) is 11.1 Å². The zero-order chi connectivity index (χ0) is 12.1. The van der Waals surface area contributed by atoms with Crippen molar-refractivity contribution >= 4 is 0 Å². The highest BCUT2D eigenvalue weighted by molar-refractivity contribution is 5.29. The molecule has 1 aromatic heterocycles. The fraction of sp³-hybridized carbons (Fsp3) is 0.643. The quantitative estimate of drug-likeness (QED) is 0.818. The van der Waals surface area contributed by atoms with Crippen LogP contribution in [0.15, 0.2) is 18.5 Å². The van der Waals surface area contributed by atoms with Crippen LogP contribution in [-0.4, -0.2) is 11.6 Å². The van der Waals surface area contributed by atoms with Gasteiger partial charge in [-0.3, -0.25) is 4.98 Å². The van der Waals surface area contributed by atoms with Crippen LogP contribution in [0.1, 0.15) is 51.0 Å². The summed E-state index contributed by atoms with van der Waals surface area (Å²) in [5.74, 6) is 0.832. The summed E-state index contributed by atoms with van der Waals surface area (Å²) in [5.41, 5.74) is 7.48. The van der Waals surface area contributed by atoms with Crippen LogP contribution in [-0.2, 0) is 5.54 Å². The molecule has 0 spiro atoms. The van der Waals surface area contributed by atoms with Gasteiger partial charge >= 0.3 is 0 Å². The summed E-state index contributed by atoms with van der Waals surface area (Å²) >= 11 is 0. The largest absolute Gasteiger partial charge is 0.492 e. The van der Waals surface area contributed by atoms with Crippen molar-refractivity contribution in [3.63, 3.8) is 0 Å². The number of hydrogen-bond acceptors (Lipinski definition) is 3. The van der Waals surface area contributed by atoms with E-state index in [1.807, 2.05) is 13.1 Å². The first-order valence-corrected chi connectivity index (χ1v) is 6.62. The highest BCUT2D eigenvalue weighted by Crippen LogP contribution is 2.34. The van der Waals surface area contributed by atoms with Gasteiger partial charge in [0.05, 0.1) is 12.8 Å². The molecule has 1 saturated carbocycles. The van der Waals surface area contributed by atoms with Gasteiger partial charge in [-0.2, -0.15) is 0 Å². The van der Waals surface area contributed by atoms with Crippen LogP contribution >= 0.6 is 0 Å². The lowest BCUT2D eigenvalue weighted by Gasteiger charge is -2.28. The van der Waals surface area contributed by atoms with Crippen LogP contribution in [0.25, 0.3) is 0 Å². The van der Waals surface area contributed by atoms with Crippen LogP contribution in [0.2, 0.25) is 0 Å². The zero-order valence-corrected chi connectivity index (χ0v) is 10.6. The first-order chi connectivity index (χ1) is 8.24. The SMILES string of the molecule is CCOc1cncc(C2(N)CCCCCC2)c1. The summed E-state index contributed by atoms with van der Waals surface area (Å²) in [6.07, 6.45) is 10.8. The van der Waals surface area contributed by atoms with Gasteiger partial charge in [0.25, 0.3) is 0 Å². The van der Waals surface area contributed by atoms with Crippen molar-refractivity contribution in [2.24, 2.45) is 5.73 Å². The summed E-state index contributed by atoms with van der Waals surface area (Å²) in [6.45, 7) is 2.65. The Balaban J connectivity index is 2.21. The molecular formula is C14H22N2O. The van der Waals surface area contributed by atoms with Crippen molar-refractivity contribution in [3.05, 3.63) is 24.0 Å². The molecule has 0 atom stereocenters. The normalized spacial score (nSPS) is 19.6. The minimum atomic E-state index is -0.198. The summed E-state index contributed by atoms with van der Waals surface area (Å²) in [5, 5.41) is 0. The Morgan fingerprint density at radius 3 is 2.59 bits per heavy atom. The van der Waals surface area contributed by atoms with Gasteiger partial charge in [0.15, 0.2) is 0 Å². The summed E-state index contributed by atoms with van der Waals surface area (Å²) in [4.78, 5) is 4.25. The summed E-state index contributed by atoms with van der Waals surface area (Å²) < 4.78 is 5.50. The van der Waals surface area contributed by atoms with E-state index in [0.717, 1.165) is 24.2 Å². The lowest BCUT2D eigenvalue weighted by molar-refractivity contribution is 0.333. The van der Waals surface area contributed by atoms with E-state index < -0.39 is 0 Å². The van der Waals surface area contributed by atoms with Gasteiger partial charge in [0.2, 0.25) is 0 Å². The Kier molecular flexibility index (Phi) is 4.00. The second-order valence-electron chi connectivity index (χ2n) is 4.91. The fourth-order valence-corrected chi connectivity index (χ4v) is 2.58. The second-order valence-corrected chi connectivity index (χ2v) is 4.91. The molecule has 17 heavy (non-hydrogen) atoms. The molecular weight excluding hydrogens is 212 g/mol. The predicted octanol–water partition coefficient (Wildman–Crippen LogP) is 2.99. The van der Waals surface area contributed by atoms with Crippen LogP contribution in [0, 0.1) is 0 Å². The van der Waals surface area contributed by atoms with E-state index in [-0.39, 0.29) is 5.54 Å². The van der Waals surface area contributed by atoms with Crippen LogP contribution in [0.4, 0.5) is 0 Å². The van der Waals surface area contributed by atoms with E-state index in [9.17, 15) is 0 Å². The lowest BCUT2D eigenvalue weighted by atomic mass is 9.85. The van der Waals surface area contributed by atoms with Gasteiger partial charge < -0.3 is 10.5 Å². The maximum Gasteiger partial charge on any atom is 0.137 e. The number of pyridine rings is 1. The van der Waals surface area contributed by atoms with E-state index in [0.29, 0.717) is 6.61 Å². The smallest absolute Gasteiger partial charge is 0.137 e. The molecule has 3 nitrogen and oxygen atoms in total. The molecule has 0 amide bonds. The summed E-state index contributed by atoms with van der Waals surface area (Å²) in [6, 6.07) is 2.06.